The Morgan fingerprint density at radius 1 is 0.152 bits per heavy atom. The van der Waals surface area contributed by atoms with E-state index in [0.717, 1.165) is 0 Å². The van der Waals surface area contributed by atoms with Crippen molar-refractivity contribution in [3.8, 4) is 66.8 Å². The maximum atomic E-state index is 2.42. The summed E-state index contributed by atoms with van der Waals surface area (Å²) < 4.78 is 0. The molecule has 0 amide bonds. The zero-order chi connectivity index (χ0) is 43.6. The molecule has 13 aromatic rings. The van der Waals surface area contributed by atoms with E-state index in [0.29, 0.717) is 0 Å². The van der Waals surface area contributed by atoms with E-state index < -0.39 is 0 Å². The molecule has 0 radical (unpaired) electrons. The first-order valence-corrected chi connectivity index (χ1v) is 22.9. The van der Waals surface area contributed by atoms with Gasteiger partial charge in [0, 0.05) is 0 Å². The van der Waals surface area contributed by atoms with Crippen molar-refractivity contribution in [2.45, 2.75) is 0 Å². The molecule has 0 aliphatic rings. The topological polar surface area (TPSA) is 0 Å². The van der Waals surface area contributed by atoms with E-state index in [4.69, 9.17) is 0 Å². The Hall–Kier alpha value is -8.58. The van der Waals surface area contributed by atoms with E-state index >= 15 is 0 Å². The van der Waals surface area contributed by atoms with E-state index in [1.807, 2.05) is 0 Å². The largest absolute Gasteiger partial charge is 0.0616 e. The van der Waals surface area contributed by atoms with Gasteiger partial charge in [0.05, 0.1) is 0 Å². The van der Waals surface area contributed by atoms with Crippen molar-refractivity contribution in [1.82, 2.24) is 0 Å². The zero-order valence-electron chi connectivity index (χ0n) is 36.2. The smallest absolute Gasteiger partial charge is 0.00268 e. The average Bonchev–Trinajstić information content (AvgIpc) is 3.39. The lowest BCUT2D eigenvalue weighted by molar-refractivity contribution is 1.58. The van der Waals surface area contributed by atoms with Gasteiger partial charge in [-0.25, -0.2) is 0 Å². The van der Waals surface area contributed by atoms with Crippen LogP contribution in [0.4, 0.5) is 0 Å². The van der Waals surface area contributed by atoms with Crippen molar-refractivity contribution in [1.29, 1.82) is 0 Å². The quantitative estimate of drug-likeness (QED) is 0.146. The second-order valence-electron chi connectivity index (χ2n) is 17.5. The minimum Gasteiger partial charge on any atom is -0.0616 e. The first-order chi connectivity index (χ1) is 32.7. The van der Waals surface area contributed by atoms with Gasteiger partial charge in [0.1, 0.15) is 0 Å². The van der Waals surface area contributed by atoms with Crippen LogP contribution in [0.1, 0.15) is 0 Å². The molecule has 0 aliphatic heterocycles. The van der Waals surface area contributed by atoms with E-state index in [1.165, 1.54) is 131 Å². The number of benzene rings is 13. The third-order valence-electron chi connectivity index (χ3n) is 13.8. The van der Waals surface area contributed by atoms with Crippen LogP contribution in [-0.2, 0) is 0 Å². The SMILES string of the molecule is c1ccc2c(-c3ccc(-c4cc(-c5ccc(-c6c7ccccc7cc7ccccc67)cc5)cc(-c5ccc(-c6cccc7ccccc67)c6ccccc56)c4)c4ccccc34)cccc2c1. The van der Waals surface area contributed by atoms with E-state index in [2.05, 4.69) is 255 Å². The van der Waals surface area contributed by atoms with Gasteiger partial charge in [-0.1, -0.05) is 231 Å². The highest BCUT2D eigenvalue weighted by atomic mass is 14.2. The van der Waals surface area contributed by atoms with Crippen LogP contribution in [0, 0.1) is 0 Å². The molecule has 0 aliphatic carbocycles. The summed E-state index contributed by atoms with van der Waals surface area (Å²) in [5.74, 6) is 0. The van der Waals surface area contributed by atoms with Gasteiger partial charge in [0.25, 0.3) is 0 Å². The molecule has 0 unspecified atom stereocenters. The third kappa shape index (κ3) is 6.30. The Bertz CT molecular complexity index is 3790. The van der Waals surface area contributed by atoms with Crippen LogP contribution in [0.15, 0.2) is 255 Å². The normalized spacial score (nSPS) is 11.6. The van der Waals surface area contributed by atoms with E-state index in [9.17, 15) is 0 Å². The minimum atomic E-state index is 1.18. The second kappa shape index (κ2) is 15.6. The molecule has 0 saturated carbocycles. The molecule has 0 saturated heterocycles. The highest BCUT2D eigenvalue weighted by Gasteiger charge is 2.18. The van der Waals surface area contributed by atoms with Gasteiger partial charge in [-0.2, -0.15) is 0 Å². The van der Waals surface area contributed by atoms with Crippen molar-refractivity contribution >= 4 is 64.6 Å². The Morgan fingerprint density at radius 2 is 0.470 bits per heavy atom. The first kappa shape index (κ1) is 37.9. The molecule has 0 nitrogen and oxygen atoms in total. The van der Waals surface area contributed by atoms with Crippen LogP contribution in [0.5, 0.6) is 0 Å². The van der Waals surface area contributed by atoms with Crippen LogP contribution >= 0.6 is 0 Å². The molecule has 66 heavy (non-hydrogen) atoms. The lowest BCUT2D eigenvalue weighted by Crippen LogP contribution is -1.91. The van der Waals surface area contributed by atoms with Gasteiger partial charge in [-0.15, -0.1) is 0 Å². The first-order valence-electron chi connectivity index (χ1n) is 22.9. The molecule has 0 fully saturated rings. The maximum absolute atomic E-state index is 2.42. The lowest BCUT2D eigenvalue weighted by Gasteiger charge is -2.18. The van der Waals surface area contributed by atoms with Crippen molar-refractivity contribution in [3.05, 3.63) is 255 Å². The summed E-state index contributed by atoms with van der Waals surface area (Å²) in [5.41, 5.74) is 14.7. The maximum Gasteiger partial charge on any atom is -0.00268 e. The van der Waals surface area contributed by atoms with Gasteiger partial charge in [0.2, 0.25) is 0 Å². The predicted octanol–water partition coefficient (Wildman–Crippen LogP) is 18.6. The van der Waals surface area contributed by atoms with Crippen molar-refractivity contribution in [2.75, 3.05) is 0 Å². The second-order valence-corrected chi connectivity index (χ2v) is 17.5. The lowest BCUT2D eigenvalue weighted by atomic mass is 9.86. The zero-order valence-corrected chi connectivity index (χ0v) is 36.2. The molecular formula is C66H42. The monoisotopic (exact) mass is 834 g/mol. The van der Waals surface area contributed by atoms with Gasteiger partial charge < -0.3 is 0 Å². The predicted molar refractivity (Wildman–Crippen MR) is 284 cm³/mol. The summed E-state index contributed by atoms with van der Waals surface area (Å²) in [7, 11) is 0. The number of fused-ring (bicyclic) bond motifs is 6. The standard InChI is InChI=1S/C66H42/c1-5-21-52-44(15-1)19-13-29-60(52)64-37-35-54(58-25-9-11-27-62(58)64)50-40-49(43-31-33-46(34-32-43)66-56-23-7-3-17-47(56)39-48-18-4-8-24-57(48)66)41-51(42-50)55-36-38-65(63-28-12-10-26-59(55)63)61-30-14-20-45-16-2-6-22-53(45)61/h1-42H. The molecule has 0 bridgehead atoms. The van der Waals surface area contributed by atoms with Gasteiger partial charge >= 0.3 is 0 Å². The molecular weight excluding hydrogens is 793 g/mol. The number of hydrogen-bond acceptors (Lipinski definition) is 0. The summed E-state index contributed by atoms with van der Waals surface area (Å²) in [4.78, 5) is 0. The Morgan fingerprint density at radius 3 is 0.939 bits per heavy atom. The number of hydrogen-bond donors (Lipinski definition) is 0. The molecule has 0 atom stereocenters. The molecule has 13 aromatic carbocycles. The van der Waals surface area contributed by atoms with Crippen LogP contribution in [0.25, 0.3) is 131 Å². The fourth-order valence-electron chi connectivity index (χ4n) is 10.8. The summed E-state index contributed by atoms with van der Waals surface area (Å²) in [5, 5.41) is 15.0. The van der Waals surface area contributed by atoms with Gasteiger partial charge in [-0.05, 0) is 156 Å². The van der Waals surface area contributed by atoms with Gasteiger partial charge in [-0.3, -0.25) is 0 Å². The summed E-state index contributed by atoms with van der Waals surface area (Å²) in [6.07, 6.45) is 0. The molecule has 0 heteroatoms. The van der Waals surface area contributed by atoms with Crippen LogP contribution in [0.3, 0.4) is 0 Å². The highest BCUT2D eigenvalue weighted by molar-refractivity contribution is 6.14. The van der Waals surface area contributed by atoms with Crippen molar-refractivity contribution in [3.63, 3.8) is 0 Å². The Balaban J connectivity index is 1.02. The molecule has 0 spiro atoms. The minimum absolute atomic E-state index is 1.18. The Labute approximate surface area is 384 Å². The summed E-state index contributed by atoms with van der Waals surface area (Å²) >= 11 is 0. The third-order valence-corrected chi connectivity index (χ3v) is 13.8. The van der Waals surface area contributed by atoms with Crippen LogP contribution in [0.2, 0.25) is 0 Å². The van der Waals surface area contributed by atoms with Gasteiger partial charge in [0.15, 0.2) is 0 Å². The number of rotatable bonds is 6. The fraction of sp³-hybridized carbons (Fsp3) is 0. The molecule has 0 aromatic heterocycles. The average molecular weight is 835 g/mol. The Kier molecular flexibility index (Phi) is 8.96. The van der Waals surface area contributed by atoms with E-state index in [1.54, 1.807) is 0 Å². The van der Waals surface area contributed by atoms with E-state index in [-0.39, 0.29) is 0 Å². The highest BCUT2D eigenvalue weighted by Crippen LogP contribution is 2.44. The molecule has 306 valence electrons. The molecule has 0 heterocycles. The fourth-order valence-corrected chi connectivity index (χ4v) is 10.8. The molecule has 13 rings (SSSR count). The summed E-state index contributed by atoms with van der Waals surface area (Å²) in [6, 6.07) is 94.3. The van der Waals surface area contributed by atoms with Crippen molar-refractivity contribution < 1.29 is 0 Å². The summed E-state index contributed by atoms with van der Waals surface area (Å²) in [6.45, 7) is 0. The van der Waals surface area contributed by atoms with Crippen LogP contribution < -0.4 is 0 Å². The van der Waals surface area contributed by atoms with Crippen molar-refractivity contribution in [2.24, 2.45) is 0 Å². The van der Waals surface area contributed by atoms with Crippen LogP contribution in [-0.4, -0.2) is 0 Å². The molecule has 0 N–H and O–H groups in total.